The molecule has 1 aliphatic heterocycles. The van der Waals surface area contributed by atoms with E-state index in [-0.39, 0.29) is 12.3 Å². The maximum Gasteiger partial charge on any atom is 0.335 e. The number of rotatable bonds is 1. The van der Waals surface area contributed by atoms with Crippen molar-refractivity contribution in [1.82, 2.24) is 5.32 Å². The van der Waals surface area contributed by atoms with Gasteiger partial charge in [-0.2, -0.15) is 0 Å². The largest absolute Gasteiger partial charge is 0.467 e. The molecule has 0 aromatic carbocycles. The Morgan fingerprint density at radius 2 is 2.33 bits per heavy atom. The van der Waals surface area contributed by atoms with E-state index in [1.807, 2.05) is 0 Å². The summed E-state index contributed by atoms with van der Waals surface area (Å²) in [6.45, 7) is 5.23. The molecule has 0 aromatic heterocycles. The summed E-state index contributed by atoms with van der Waals surface area (Å²) in [5.74, 6) is -0.661. The Morgan fingerprint density at radius 3 is 2.67 bits per heavy atom. The molecule has 0 spiro atoms. The summed E-state index contributed by atoms with van der Waals surface area (Å²) in [7, 11) is 1.28. The van der Waals surface area contributed by atoms with Gasteiger partial charge in [0, 0.05) is 0 Å². The summed E-state index contributed by atoms with van der Waals surface area (Å²) in [5, 5.41) is 2.52. The van der Waals surface area contributed by atoms with Gasteiger partial charge in [0.05, 0.1) is 13.5 Å². The highest BCUT2D eigenvalue weighted by molar-refractivity contribution is 5.96. The number of methoxy groups -OCH3 is 1. The van der Waals surface area contributed by atoms with Gasteiger partial charge in [0.15, 0.2) is 5.54 Å². The first-order chi connectivity index (χ1) is 5.50. The summed E-state index contributed by atoms with van der Waals surface area (Å²) in [5.41, 5.74) is -0.467. The van der Waals surface area contributed by atoms with Crippen LogP contribution in [-0.4, -0.2) is 24.5 Å². The standard InChI is InChI=1S/C8H11NO3/c1-5-4-6(10)9-8(5,2)7(11)12-3/h1,4H2,2-3H3,(H,9,10). The average molecular weight is 169 g/mol. The third kappa shape index (κ3) is 1.09. The van der Waals surface area contributed by atoms with Crippen molar-refractivity contribution in [3.63, 3.8) is 0 Å². The zero-order valence-corrected chi connectivity index (χ0v) is 7.14. The van der Waals surface area contributed by atoms with Crippen LogP contribution in [0.5, 0.6) is 0 Å². The first-order valence-corrected chi connectivity index (χ1v) is 3.58. The highest BCUT2D eigenvalue weighted by Gasteiger charge is 2.44. The van der Waals surface area contributed by atoms with E-state index in [0.717, 1.165) is 0 Å². The SMILES string of the molecule is C=C1CC(=O)NC1(C)C(=O)OC. The van der Waals surface area contributed by atoms with Gasteiger partial charge in [0.2, 0.25) is 5.91 Å². The second kappa shape index (κ2) is 2.62. The number of amides is 1. The molecule has 4 nitrogen and oxygen atoms in total. The molecule has 1 heterocycles. The lowest BCUT2D eigenvalue weighted by Gasteiger charge is -2.21. The first-order valence-electron chi connectivity index (χ1n) is 3.58. The molecule has 0 saturated carbocycles. The fourth-order valence-corrected chi connectivity index (χ4v) is 1.18. The van der Waals surface area contributed by atoms with Gasteiger partial charge in [-0.05, 0) is 12.5 Å². The van der Waals surface area contributed by atoms with Gasteiger partial charge in [0.1, 0.15) is 0 Å². The Kier molecular flexibility index (Phi) is 1.92. The summed E-state index contributed by atoms with van der Waals surface area (Å²) in [6, 6.07) is 0. The lowest BCUT2D eigenvalue weighted by molar-refractivity contribution is -0.146. The van der Waals surface area contributed by atoms with Gasteiger partial charge in [-0.25, -0.2) is 4.79 Å². The Bertz CT molecular complexity index is 259. The van der Waals surface area contributed by atoms with Crippen LogP contribution in [0.1, 0.15) is 13.3 Å². The van der Waals surface area contributed by atoms with E-state index in [9.17, 15) is 9.59 Å². The molecule has 1 rings (SSSR count). The summed E-state index contributed by atoms with van der Waals surface area (Å²) in [6.07, 6.45) is 0.200. The number of carbonyl (C=O) groups excluding carboxylic acids is 2. The zero-order chi connectivity index (χ0) is 9.35. The second-order valence-electron chi connectivity index (χ2n) is 2.95. The molecule has 1 N–H and O–H groups in total. The normalized spacial score (nSPS) is 28.5. The van der Waals surface area contributed by atoms with Gasteiger partial charge in [-0.1, -0.05) is 6.58 Å². The van der Waals surface area contributed by atoms with Crippen LogP contribution in [0, 0.1) is 0 Å². The van der Waals surface area contributed by atoms with Gasteiger partial charge < -0.3 is 10.1 Å². The molecule has 4 heteroatoms. The van der Waals surface area contributed by atoms with Crippen LogP contribution in [0.15, 0.2) is 12.2 Å². The van der Waals surface area contributed by atoms with E-state index >= 15 is 0 Å². The fraction of sp³-hybridized carbons (Fsp3) is 0.500. The van der Waals surface area contributed by atoms with Crippen LogP contribution in [0.25, 0.3) is 0 Å². The van der Waals surface area contributed by atoms with Crippen molar-refractivity contribution >= 4 is 11.9 Å². The molecule has 1 aliphatic rings. The third-order valence-electron chi connectivity index (χ3n) is 2.06. The van der Waals surface area contributed by atoms with E-state index in [4.69, 9.17) is 0 Å². The van der Waals surface area contributed by atoms with Crippen LogP contribution in [0.3, 0.4) is 0 Å². The predicted molar refractivity (Wildman–Crippen MR) is 42.3 cm³/mol. The predicted octanol–water partition coefficient (Wildman–Crippen LogP) is -0.00580. The van der Waals surface area contributed by atoms with Crippen LogP contribution in [0.4, 0.5) is 0 Å². The molecule has 66 valence electrons. The monoisotopic (exact) mass is 169 g/mol. The Labute approximate surface area is 70.6 Å². The van der Waals surface area contributed by atoms with Crippen LogP contribution >= 0.6 is 0 Å². The maximum absolute atomic E-state index is 11.2. The van der Waals surface area contributed by atoms with E-state index in [0.29, 0.717) is 5.57 Å². The van der Waals surface area contributed by atoms with E-state index < -0.39 is 11.5 Å². The minimum absolute atomic E-state index is 0.187. The number of carbonyl (C=O) groups is 2. The van der Waals surface area contributed by atoms with Crippen LogP contribution in [0.2, 0.25) is 0 Å². The molecule has 1 unspecified atom stereocenters. The third-order valence-corrected chi connectivity index (χ3v) is 2.06. The highest BCUT2D eigenvalue weighted by atomic mass is 16.5. The van der Waals surface area contributed by atoms with Gasteiger partial charge in [-0.15, -0.1) is 0 Å². The number of hydrogen-bond acceptors (Lipinski definition) is 3. The minimum Gasteiger partial charge on any atom is -0.467 e. The molecule has 1 saturated heterocycles. The highest BCUT2D eigenvalue weighted by Crippen LogP contribution is 2.25. The molecule has 1 atom stereocenters. The summed E-state index contributed by atoms with van der Waals surface area (Å²) < 4.78 is 4.54. The number of ether oxygens (including phenoxy) is 1. The van der Waals surface area contributed by atoms with E-state index in [1.165, 1.54) is 7.11 Å². The van der Waals surface area contributed by atoms with Crippen LogP contribution in [-0.2, 0) is 14.3 Å². The van der Waals surface area contributed by atoms with E-state index in [2.05, 4.69) is 16.6 Å². The van der Waals surface area contributed by atoms with Crippen LogP contribution < -0.4 is 5.32 Å². The molecule has 1 fully saturated rings. The minimum atomic E-state index is -1.02. The van der Waals surface area contributed by atoms with Crippen molar-refractivity contribution in [1.29, 1.82) is 0 Å². The molecular weight excluding hydrogens is 158 g/mol. The van der Waals surface area contributed by atoms with E-state index in [1.54, 1.807) is 6.92 Å². The van der Waals surface area contributed by atoms with Crippen molar-refractivity contribution in [3.8, 4) is 0 Å². The number of nitrogens with one attached hydrogen (secondary N) is 1. The summed E-state index contributed by atoms with van der Waals surface area (Å²) in [4.78, 5) is 22.1. The average Bonchev–Trinajstić information content (AvgIpc) is 2.26. The van der Waals surface area contributed by atoms with Crippen molar-refractivity contribution in [2.45, 2.75) is 18.9 Å². The second-order valence-corrected chi connectivity index (χ2v) is 2.95. The molecule has 1 amide bonds. The topological polar surface area (TPSA) is 55.4 Å². The maximum atomic E-state index is 11.2. The lowest BCUT2D eigenvalue weighted by atomic mass is 9.96. The van der Waals surface area contributed by atoms with Crippen molar-refractivity contribution in [3.05, 3.63) is 12.2 Å². The number of hydrogen-bond donors (Lipinski definition) is 1. The van der Waals surface area contributed by atoms with Crippen molar-refractivity contribution < 1.29 is 14.3 Å². The molecule has 0 aliphatic carbocycles. The molecule has 0 radical (unpaired) electrons. The molecular formula is C8H11NO3. The van der Waals surface area contributed by atoms with Gasteiger partial charge >= 0.3 is 5.97 Å². The van der Waals surface area contributed by atoms with Gasteiger partial charge in [-0.3, -0.25) is 4.79 Å². The quantitative estimate of drug-likeness (QED) is 0.444. The lowest BCUT2D eigenvalue weighted by Crippen LogP contribution is -2.47. The fourth-order valence-electron chi connectivity index (χ4n) is 1.18. The van der Waals surface area contributed by atoms with Crippen molar-refractivity contribution in [2.24, 2.45) is 0 Å². The van der Waals surface area contributed by atoms with Gasteiger partial charge in [0.25, 0.3) is 0 Å². The molecule has 12 heavy (non-hydrogen) atoms. The number of esters is 1. The Morgan fingerprint density at radius 1 is 1.75 bits per heavy atom. The van der Waals surface area contributed by atoms with Crippen molar-refractivity contribution in [2.75, 3.05) is 7.11 Å². The zero-order valence-electron chi connectivity index (χ0n) is 7.14. The Balaban J connectivity index is 2.92. The Hall–Kier alpha value is -1.32. The molecule has 0 bridgehead atoms. The first kappa shape index (κ1) is 8.77. The summed E-state index contributed by atoms with van der Waals surface area (Å²) >= 11 is 0. The smallest absolute Gasteiger partial charge is 0.335 e. The molecule has 0 aromatic rings.